The molecule has 3 rings (SSSR count). The fourth-order valence-electron chi connectivity index (χ4n) is 2.45. The average molecular weight is 439 g/mol. The number of carbonyl (C=O) groups excluding carboxylic acids is 1. The Morgan fingerprint density at radius 2 is 1.93 bits per heavy atom. The summed E-state index contributed by atoms with van der Waals surface area (Å²) in [4.78, 5) is 24.9. The summed E-state index contributed by atoms with van der Waals surface area (Å²) in [7, 11) is -3.78. The fraction of sp³-hybridized carbons (Fsp3) is 0.118. The van der Waals surface area contributed by atoms with E-state index in [1.807, 2.05) is 0 Å². The molecule has 0 spiro atoms. The van der Waals surface area contributed by atoms with Crippen LogP contribution in [0, 0.1) is 0 Å². The van der Waals surface area contributed by atoms with E-state index in [9.17, 15) is 18.0 Å². The first-order valence-corrected chi connectivity index (χ1v) is 10.6. The second-order valence-electron chi connectivity index (χ2n) is 5.84. The minimum atomic E-state index is -3.78. The summed E-state index contributed by atoms with van der Waals surface area (Å²) in [6, 6.07) is 8.07. The number of carboxylic acids is 1. The van der Waals surface area contributed by atoms with Gasteiger partial charge in [-0.1, -0.05) is 24.0 Å². The lowest BCUT2D eigenvalue weighted by Crippen LogP contribution is -2.41. The third kappa shape index (κ3) is 4.02. The van der Waals surface area contributed by atoms with Crippen LogP contribution in [0.25, 0.3) is 17.4 Å². The molecule has 1 aromatic carbocycles. The van der Waals surface area contributed by atoms with Gasteiger partial charge in [-0.25, -0.2) is 18.4 Å². The molecule has 1 fully saturated rings. The molecule has 0 saturated carbocycles. The van der Waals surface area contributed by atoms with Gasteiger partial charge in [-0.3, -0.25) is 9.69 Å². The number of amides is 1. The van der Waals surface area contributed by atoms with E-state index in [0.29, 0.717) is 17.1 Å². The van der Waals surface area contributed by atoms with E-state index >= 15 is 0 Å². The molecule has 11 heteroatoms. The van der Waals surface area contributed by atoms with Crippen LogP contribution in [-0.4, -0.2) is 40.7 Å². The predicted molar refractivity (Wildman–Crippen MR) is 108 cm³/mol. The number of thiocarbonyl (C=S) groups is 1. The number of carbonyl (C=O) groups is 2. The third-order valence-corrected chi connectivity index (χ3v) is 6.20. The molecule has 1 aromatic heterocycles. The lowest BCUT2D eigenvalue weighted by atomic mass is 10.2. The van der Waals surface area contributed by atoms with Crippen molar-refractivity contribution in [3.05, 3.63) is 47.1 Å². The number of furan rings is 1. The summed E-state index contributed by atoms with van der Waals surface area (Å²) in [6.45, 7) is 1.38. The topological polar surface area (TPSA) is 131 Å². The molecule has 3 N–H and O–H groups in total. The molecule has 2 heterocycles. The fourth-order valence-corrected chi connectivity index (χ4v) is 4.36. The van der Waals surface area contributed by atoms with Gasteiger partial charge in [-0.15, -0.1) is 0 Å². The standard InChI is InChI=1S/C17H14N2O6S3/c1-9(16(21)22)19-15(20)14(27-17(19)26)8-11-4-7-13(25-11)10-2-5-12(6-3-10)28(18,23)24/h2-9H,1H3,(H,21,22)(H2,18,23,24). The number of sulfonamides is 1. The molecule has 8 nitrogen and oxygen atoms in total. The molecule has 1 unspecified atom stereocenters. The highest BCUT2D eigenvalue weighted by atomic mass is 32.2. The molecule has 0 aliphatic carbocycles. The van der Waals surface area contributed by atoms with Gasteiger partial charge in [0.15, 0.2) is 0 Å². The second-order valence-corrected chi connectivity index (χ2v) is 9.07. The lowest BCUT2D eigenvalue weighted by Gasteiger charge is -2.18. The molecule has 0 bridgehead atoms. The molecular formula is C17H14N2O6S3. The minimum Gasteiger partial charge on any atom is -0.480 e. The van der Waals surface area contributed by atoms with Crippen molar-refractivity contribution in [3.63, 3.8) is 0 Å². The molecule has 2 aromatic rings. The Kier molecular flexibility index (Phi) is 5.44. The van der Waals surface area contributed by atoms with Crippen molar-refractivity contribution < 1.29 is 27.5 Å². The molecule has 28 heavy (non-hydrogen) atoms. The van der Waals surface area contributed by atoms with Crippen LogP contribution in [0.4, 0.5) is 0 Å². The van der Waals surface area contributed by atoms with E-state index < -0.39 is 27.9 Å². The zero-order chi connectivity index (χ0) is 20.6. The minimum absolute atomic E-state index is 0.0146. The highest BCUT2D eigenvalue weighted by Gasteiger charge is 2.38. The highest BCUT2D eigenvalue weighted by Crippen LogP contribution is 2.35. The largest absolute Gasteiger partial charge is 0.480 e. The maximum absolute atomic E-state index is 12.5. The maximum Gasteiger partial charge on any atom is 0.326 e. The van der Waals surface area contributed by atoms with Crippen LogP contribution in [0.3, 0.4) is 0 Å². The number of nitrogens with two attached hydrogens (primary N) is 1. The summed E-state index contributed by atoms with van der Waals surface area (Å²) < 4.78 is 28.5. The number of hydrogen-bond donors (Lipinski definition) is 2. The van der Waals surface area contributed by atoms with Crippen molar-refractivity contribution in [3.8, 4) is 11.3 Å². The molecule has 1 amide bonds. The summed E-state index contributed by atoms with van der Waals surface area (Å²) in [5.41, 5.74) is 0.624. The van der Waals surface area contributed by atoms with Gasteiger partial charge in [0.1, 0.15) is 21.9 Å². The smallest absolute Gasteiger partial charge is 0.326 e. The van der Waals surface area contributed by atoms with E-state index in [0.717, 1.165) is 16.7 Å². The summed E-state index contributed by atoms with van der Waals surface area (Å²) >= 11 is 6.10. The number of nitrogens with zero attached hydrogens (tertiary/aromatic N) is 1. The van der Waals surface area contributed by atoms with Gasteiger partial charge in [0.2, 0.25) is 10.0 Å². The first-order valence-electron chi connectivity index (χ1n) is 7.81. The normalized spacial score (nSPS) is 17.4. The Bertz CT molecular complexity index is 1100. The molecule has 1 aliphatic heterocycles. The van der Waals surface area contributed by atoms with Gasteiger partial charge in [-0.2, -0.15) is 0 Å². The maximum atomic E-state index is 12.5. The highest BCUT2D eigenvalue weighted by molar-refractivity contribution is 8.26. The van der Waals surface area contributed by atoms with Crippen LogP contribution in [0.2, 0.25) is 0 Å². The summed E-state index contributed by atoms with van der Waals surface area (Å²) in [5.74, 6) is -0.822. The molecule has 1 atom stereocenters. The zero-order valence-electron chi connectivity index (χ0n) is 14.4. The number of aliphatic carboxylic acids is 1. The summed E-state index contributed by atoms with van der Waals surface area (Å²) in [6.07, 6.45) is 1.48. The van der Waals surface area contributed by atoms with Crippen molar-refractivity contribution in [1.82, 2.24) is 4.90 Å². The van der Waals surface area contributed by atoms with E-state index in [1.54, 1.807) is 24.3 Å². The van der Waals surface area contributed by atoms with E-state index in [-0.39, 0.29) is 14.1 Å². The number of primary sulfonamides is 1. The molecule has 146 valence electrons. The number of thioether (sulfide) groups is 1. The molecule has 1 aliphatic rings. The monoisotopic (exact) mass is 438 g/mol. The predicted octanol–water partition coefficient (Wildman–Crippen LogP) is 2.27. The Morgan fingerprint density at radius 3 is 2.50 bits per heavy atom. The second kappa shape index (κ2) is 7.51. The first kappa shape index (κ1) is 20.3. The van der Waals surface area contributed by atoms with E-state index in [1.165, 1.54) is 25.1 Å². The quantitative estimate of drug-likeness (QED) is 0.537. The molecular weight excluding hydrogens is 424 g/mol. The van der Waals surface area contributed by atoms with Crippen molar-refractivity contribution in [2.24, 2.45) is 5.14 Å². The van der Waals surface area contributed by atoms with Crippen LogP contribution in [-0.2, 0) is 19.6 Å². The Hall–Kier alpha value is -2.47. The van der Waals surface area contributed by atoms with Gasteiger partial charge >= 0.3 is 5.97 Å². The van der Waals surface area contributed by atoms with Crippen LogP contribution < -0.4 is 5.14 Å². The van der Waals surface area contributed by atoms with E-state index in [2.05, 4.69) is 0 Å². The molecule has 0 radical (unpaired) electrons. The van der Waals surface area contributed by atoms with Gasteiger partial charge < -0.3 is 9.52 Å². The number of hydrogen-bond acceptors (Lipinski definition) is 7. The van der Waals surface area contributed by atoms with Crippen molar-refractivity contribution in [2.45, 2.75) is 17.9 Å². The van der Waals surface area contributed by atoms with Crippen molar-refractivity contribution >= 4 is 56.3 Å². The lowest BCUT2D eigenvalue weighted by molar-refractivity contribution is -0.144. The van der Waals surface area contributed by atoms with E-state index in [4.69, 9.17) is 26.9 Å². The summed E-state index contributed by atoms with van der Waals surface area (Å²) in [5, 5.41) is 14.2. The SMILES string of the molecule is CC(C(=O)O)N1C(=O)C(=Cc2ccc(-c3ccc(S(N)(=O)=O)cc3)o2)SC1=S. The number of benzene rings is 1. The molecule has 1 saturated heterocycles. The third-order valence-electron chi connectivity index (χ3n) is 3.94. The Labute approximate surface area is 170 Å². The first-order chi connectivity index (χ1) is 13.1. The van der Waals surface area contributed by atoms with Crippen LogP contribution in [0.15, 0.2) is 50.6 Å². The van der Waals surface area contributed by atoms with Gasteiger partial charge in [-0.05, 0) is 43.3 Å². The van der Waals surface area contributed by atoms with Crippen LogP contribution in [0.5, 0.6) is 0 Å². The van der Waals surface area contributed by atoms with Gasteiger partial charge in [0, 0.05) is 11.6 Å². The van der Waals surface area contributed by atoms with Gasteiger partial charge in [0.25, 0.3) is 5.91 Å². The number of carboxylic acid groups (broad SMARTS) is 1. The van der Waals surface area contributed by atoms with Crippen molar-refractivity contribution in [1.29, 1.82) is 0 Å². The Morgan fingerprint density at radius 1 is 1.29 bits per heavy atom. The average Bonchev–Trinajstić information content (AvgIpc) is 3.19. The zero-order valence-corrected chi connectivity index (χ0v) is 16.8. The number of rotatable bonds is 5. The van der Waals surface area contributed by atoms with Crippen molar-refractivity contribution in [2.75, 3.05) is 0 Å². The van der Waals surface area contributed by atoms with Crippen LogP contribution >= 0.6 is 24.0 Å². The Balaban J connectivity index is 1.84. The van der Waals surface area contributed by atoms with Crippen LogP contribution in [0.1, 0.15) is 12.7 Å². The van der Waals surface area contributed by atoms with Gasteiger partial charge in [0.05, 0.1) is 9.80 Å².